The van der Waals surface area contributed by atoms with Gasteiger partial charge in [0.05, 0.1) is 23.2 Å². The number of aryl methyl sites for hydroxylation is 1. The number of nitrogens with zero attached hydrogens (tertiary/aromatic N) is 4. The summed E-state index contributed by atoms with van der Waals surface area (Å²) in [6.45, 7) is 5.00. The molecule has 2 aromatic rings. The SMILES string of the molecule is Cc1ccccc1S(=O)(=O)N1CCN(C2CCN(Cc3ccccn3)C2=O)CC1. The van der Waals surface area contributed by atoms with E-state index in [9.17, 15) is 13.2 Å². The summed E-state index contributed by atoms with van der Waals surface area (Å²) in [5.41, 5.74) is 1.64. The summed E-state index contributed by atoms with van der Waals surface area (Å²) in [5, 5.41) is 0. The maximum atomic E-state index is 13.0. The van der Waals surface area contributed by atoms with E-state index in [0.29, 0.717) is 44.2 Å². The van der Waals surface area contributed by atoms with Crippen molar-refractivity contribution in [1.29, 1.82) is 0 Å². The van der Waals surface area contributed by atoms with E-state index in [1.165, 1.54) is 4.31 Å². The topological polar surface area (TPSA) is 73.8 Å². The maximum absolute atomic E-state index is 13.0. The Hall–Kier alpha value is -2.29. The van der Waals surface area contributed by atoms with Gasteiger partial charge in [0.25, 0.3) is 0 Å². The van der Waals surface area contributed by atoms with Crippen LogP contribution in [0.2, 0.25) is 0 Å². The van der Waals surface area contributed by atoms with E-state index in [1.807, 2.05) is 42.2 Å². The van der Waals surface area contributed by atoms with E-state index in [0.717, 1.165) is 17.7 Å². The van der Waals surface area contributed by atoms with Crippen molar-refractivity contribution in [2.24, 2.45) is 0 Å². The van der Waals surface area contributed by atoms with Crippen molar-refractivity contribution >= 4 is 15.9 Å². The van der Waals surface area contributed by atoms with Crippen molar-refractivity contribution in [2.45, 2.75) is 30.8 Å². The molecule has 0 aliphatic carbocycles. The van der Waals surface area contributed by atoms with Crippen LogP contribution < -0.4 is 0 Å². The number of hydrogen-bond acceptors (Lipinski definition) is 5. The average molecular weight is 415 g/mol. The van der Waals surface area contributed by atoms with Crippen molar-refractivity contribution in [3.8, 4) is 0 Å². The van der Waals surface area contributed by atoms with Crippen molar-refractivity contribution in [3.05, 3.63) is 59.9 Å². The molecule has 8 heteroatoms. The van der Waals surface area contributed by atoms with Crippen LogP contribution in [-0.2, 0) is 21.4 Å². The van der Waals surface area contributed by atoms with Gasteiger partial charge in [-0.15, -0.1) is 0 Å². The third-order valence-electron chi connectivity index (χ3n) is 5.77. The third-order valence-corrected chi connectivity index (χ3v) is 7.83. The number of piperazine rings is 1. The number of sulfonamides is 1. The summed E-state index contributed by atoms with van der Waals surface area (Å²) in [6.07, 6.45) is 2.51. The van der Waals surface area contributed by atoms with Gasteiger partial charge in [-0.05, 0) is 37.1 Å². The van der Waals surface area contributed by atoms with Gasteiger partial charge in [-0.2, -0.15) is 4.31 Å². The Kier molecular flexibility index (Phi) is 5.67. The predicted molar refractivity (Wildman–Crippen MR) is 110 cm³/mol. The van der Waals surface area contributed by atoms with Crippen LogP contribution in [0.25, 0.3) is 0 Å². The summed E-state index contributed by atoms with van der Waals surface area (Å²) >= 11 is 0. The number of hydrogen-bond donors (Lipinski definition) is 0. The standard InChI is InChI=1S/C21H26N4O3S/c1-17-6-2-3-8-20(17)29(27,28)25-14-12-23(13-15-25)19-9-11-24(21(19)26)16-18-7-4-5-10-22-18/h2-8,10,19H,9,11-16H2,1H3. The van der Waals surface area contributed by atoms with Gasteiger partial charge in [-0.1, -0.05) is 24.3 Å². The van der Waals surface area contributed by atoms with E-state index in [4.69, 9.17) is 0 Å². The maximum Gasteiger partial charge on any atom is 0.243 e. The molecule has 1 aromatic carbocycles. The van der Waals surface area contributed by atoms with Crippen molar-refractivity contribution < 1.29 is 13.2 Å². The first-order valence-corrected chi connectivity index (χ1v) is 11.4. The fraction of sp³-hybridized carbons (Fsp3) is 0.429. The first-order valence-electron chi connectivity index (χ1n) is 9.95. The van der Waals surface area contributed by atoms with E-state index < -0.39 is 10.0 Å². The van der Waals surface area contributed by atoms with Crippen molar-refractivity contribution in [1.82, 2.24) is 19.1 Å². The molecule has 0 bridgehead atoms. The van der Waals surface area contributed by atoms with Crippen LogP contribution >= 0.6 is 0 Å². The molecule has 154 valence electrons. The lowest BCUT2D eigenvalue weighted by Gasteiger charge is -2.36. The monoisotopic (exact) mass is 414 g/mol. The second-order valence-corrected chi connectivity index (χ2v) is 9.50. The molecular formula is C21H26N4O3S. The molecule has 1 unspecified atom stereocenters. The second kappa shape index (κ2) is 8.22. The Morgan fingerprint density at radius 2 is 1.72 bits per heavy atom. The van der Waals surface area contributed by atoms with Crippen LogP contribution in [0.3, 0.4) is 0 Å². The van der Waals surface area contributed by atoms with Gasteiger partial charge in [-0.3, -0.25) is 14.7 Å². The van der Waals surface area contributed by atoms with Gasteiger partial charge in [-0.25, -0.2) is 8.42 Å². The van der Waals surface area contributed by atoms with Crippen LogP contribution in [0, 0.1) is 6.92 Å². The van der Waals surface area contributed by atoms with E-state index >= 15 is 0 Å². The Morgan fingerprint density at radius 1 is 1.00 bits per heavy atom. The lowest BCUT2D eigenvalue weighted by Crippen LogP contribution is -2.53. The van der Waals surface area contributed by atoms with Crippen LogP contribution in [0.5, 0.6) is 0 Å². The van der Waals surface area contributed by atoms with E-state index in [1.54, 1.807) is 18.3 Å². The number of amides is 1. The number of carbonyl (C=O) groups excluding carboxylic acids is 1. The minimum atomic E-state index is -3.50. The molecule has 2 aliphatic heterocycles. The summed E-state index contributed by atoms with van der Waals surface area (Å²) in [5.74, 6) is 0.117. The minimum absolute atomic E-state index is 0.117. The molecule has 1 atom stereocenters. The van der Waals surface area contributed by atoms with Gasteiger partial charge in [0.2, 0.25) is 15.9 Å². The zero-order valence-electron chi connectivity index (χ0n) is 16.6. The highest BCUT2D eigenvalue weighted by Gasteiger charge is 2.39. The average Bonchev–Trinajstić information content (AvgIpc) is 3.09. The minimum Gasteiger partial charge on any atom is -0.335 e. The molecule has 2 saturated heterocycles. The van der Waals surface area contributed by atoms with Gasteiger partial charge >= 0.3 is 0 Å². The summed E-state index contributed by atoms with van der Waals surface area (Å²) in [4.78, 5) is 21.5. The number of carbonyl (C=O) groups is 1. The number of benzene rings is 1. The zero-order valence-corrected chi connectivity index (χ0v) is 17.4. The summed E-state index contributed by atoms with van der Waals surface area (Å²) in [7, 11) is -3.50. The molecule has 2 aliphatic rings. The number of likely N-dealkylation sites (tertiary alicyclic amines) is 1. The Morgan fingerprint density at radius 3 is 2.41 bits per heavy atom. The third kappa shape index (κ3) is 4.05. The zero-order chi connectivity index (χ0) is 20.4. The summed E-state index contributed by atoms with van der Waals surface area (Å²) in [6, 6.07) is 12.6. The molecule has 1 amide bonds. The normalized spacial score (nSPS) is 21.6. The molecule has 3 heterocycles. The lowest BCUT2D eigenvalue weighted by atomic mass is 10.2. The predicted octanol–water partition coefficient (Wildman–Crippen LogP) is 1.50. The smallest absolute Gasteiger partial charge is 0.243 e. The summed E-state index contributed by atoms with van der Waals surface area (Å²) < 4.78 is 27.5. The Bertz CT molecular complexity index is 972. The highest BCUT2D eigenvalue weighted by Crippen LogP contribution is 2.24. The highest BCUT2D eigenvalue weighted by atomic mass is 32.2. The molecular weight excluding hydrogens is 388 g/mol. The number of pyridine rings is 1. The van der Waals surface area contributed by atoms with Crippen LogP contribution in [-0.4, -0.2) is 72.2 Å². The van der Waals surface area contributed by atoms with Gasteiger partial charge < -0.3 is 4.90 Å². The van der Waals surface area contributed by atoms with Crippen molar-refractivity contribution in [2.75, 3.05) is 32.7 Å². The molecule has 0 spiro atoms. The fourth-order valence-electron chi connectivity index (χ4n) is 4.15. The lowest BCUT2D eigenvalue weighted by molar-refractivity contribution is -0.133. The fourth-order valence-corrected chi connectivity index (χ4v) is 5.79. The molecule has 0 saturated carbocycles. The molecule has 1 aromatic heterocycles. The quantitative estimate of drug-likeness (QED) is 0.741. The molecule has 0 radical (unpaired) electrons. The molecule has 2 fully saturated rings. The second-order valence-electron chi connectivity index (χ2n) is 7.59. The van der Waals surface area contributed by atoms with Gasteiger partial charge in [0.15, 0.2) is 0 Å². The molecule has 4 rings (SSSR count). The van der Waals surface area contributed by atoms with Crippen LogP contribution in [0.4, 0.5) is 0 Å². The van der Waals surface area contributed by atoms with E-state index in [-0.39, 0.29) is 11.9 Å². The first-order chi connectivity index (χ1) is 14.0. The molecule has 29 heavy (non-hydrogen) atoms. The number of rotatable bonds is 5. The Balaban J connectivity index is 1.38. The molecule has 7 nitrogen and oxygen atoms in total. The highest BCUT2D eigenvalue weighted by molar-refractivity contribution is 7.89. The van der Waals surface area contributed by atoms with Crippen LogP contribution in [0.1, 0.15) is 17.7 Å². The van der Waals surface area contributed by atoms with E-state index in [2.05, 4.69) is 9.88 Å². The molecule has 0 N–H and O–H groups in total. The van der Waals surface area contributed by atoms with Crippen molar-refractivity contribution in [3.63, 3.8) is 0 Å². The first kappa shape index (κ1) is 20.0. The van der Waals surface area contributed by atoms with Gasteiger partial charge in [0, 0.05) is 38.9 Å². The number of aromatic nitrogens is 1. The largest absolute Gasteiger partial charge is 0.335 e. The van der Waals surface area contributed by atoms with Gasteiger partial charge in [0.1, 0.15) is 0 Å². The van der Waals surface area contributed by atoms with Crippen LogP contribution in [0.15, 0.2) is 53.6 Å². The Labute approximate surface area is 172 Å².